The summed E-state index contributed by atoms with van der Waals surface area (Å²) < 4.78 is 13.6. The lowest BCUT2D eigenvalue weighted by molar-refractivity contribution is 0.633. The Kier molecular flexibility index (Phi) is 6.46. The second-order valence-electron chi connectivity index (χ2n) is 12.5. The van der Waals surface area contributed by atoms with E-state index in [4.69, 9.17) is 8.83 Å². The number of para-hydroxylation sites is 4. The summed E-state index contributed by atoms with van der Waals surface area (Å²) in [6, 6.07) is 63.5. The topological polar surface area (TPSA) is 32.8 Å². The summed E-state index contributed by atoms with van der Waals surface area (Å²) in [5.74, 6) is 0. The molecule has 0 aliphatic rings. The maximum absolute atomic E-state index is 6.85. The molecule has 4 nitrogen and oxygen atoms in total. The lowest BCUT2D eigenvalue weighted by Crippen LogP contribution is -2.10. The van der Waals surface area contributed by atoms with Gasteiger partial charge in [0.25, 0.3) is 0 Å². The van der Waals surface area contributed by atoms with Crippen LogP contribution in [0.1, 0.15) is 0 Å². The Morgan fingerprint density at radius 3 is 1.36 bits per heavy atom. The quantitative estimate of drug-likeness (QED) is 0.181. The molecule has 0 spiro atoms. The summed E-state index contributed by atoms with van der Waals surface area (Å²) in [4.78, 5) is 4.56. The van der Waals surface area contributed by atoms with Crippen LogP contribution in [0.4, 0.5) is 34.1 Å². The third-order valence-electron chi connectivity index (χ3n) is 9.60. The number of hydrogen-bond acceptors (Lipinski definition) is 4. The average molecular weight is 643 g/mol. The van der Waals surface area contributed by atoms with Gasteiger partial charge in [-0.05, 0) is 78.2 Å². The van der Waals surface area contributed by atoms with Gasteiger partial charge < -0.3 is 18.6 Å². The maximum Gasteiger partial charge on any atom is 0.178 e. The zero-order valence-corrected chi connectivity index (χ0v) is 27.0. The van der Waals surface area contributed by atoms with Crippen LogP contribution in [0.2, 0.25) is 0 Å². The Hall–Kier alpha value is -6.78. The second kappa shape index (κ2) is 11.4. The van der Waals surface area contributed by atoms with Gasteiger partial charge in [0.15, 0.2) is 11.2 Å². The first-order valence-corrected chi connectivity index (χ1v) is 16.9. The van der Waals surface area contributed by atoms with Gasteiger partial charge in [-0.3, -0.25) is 0 Å². The van der Waals surface area contributed by atoms with E-state index in [1.165, 1.54) is 0 Å². The van der Waals surface area contributed by atoms with Gasteiger partial charge in [0.05, 0.1) is 5.69 Å². The SMILES string of the molecule is c1ccc(N(c2ccccc2)c2ccc3c(c2)oc2c3ccc3c2oc2cc(N(c4ccccc4)c4ccccc4)c4ccccc4c23)cc1. The van der Waals surface area contributed by atoms with Crippen LogP contribution in [0.15, 0.2) is 191 Å². The van der Waals surface area contributed by atoms with Crippen LogP contribution in [0, 0.1) is 0 Å². The average Bonchev–Trinajstić information content (AvgIpc) is 3.75. The van der Waals surface area contributed by atoms with E-state index in [1.807, 2.05) is 12.1 Å². The van der Waals surface area contributed by atoms with Gasteiger partial charge in [-0.2, -0.15) is 0 Å². The van der Waals surface area contributed by atoms with Gasteiger partial charge in [-0.1, -0.05) is 97.1 Å². The van der Waals surface area contributed by atoms with E-state index in [0.717, 1.165) is 88.8 Å². The lowest BCUT2D eigenvalue weighted by Gasteiger charge is -2.26. The number of nitrogens with zero attached hydrogens (tertiary/aromatic N) is 2. The molecule has 0 amide bonds. The van der Waals surface area contributed by atoms with Crippen molar-refractivity contribution in [3.63, 3.8) is 0 Å². The Bertz CT molecular complexity index is 2730. The summed E-state index contributed by atoms with van der Waals surface area (Å²) >= 11 is 0. The minimum atomic E-state index is 0.755. The normalized spacial score (nSPS) is 11.6. The van der Waals surface area contributed by atoms with Gasteiger partial charge in [-0.25, -0.2) is 0 Å². The van der Waals surface area contributed by atoms with E-state index >= 15 is 0 Å². The largest absolute Gasteiger partial charge is 0.452 e. The minimum Gasteiger partial charge on any atom is -0.452 e. The number of fused-ring (bicyclic) bond motifs is 9. The van der Waals surface area contributed by atoms with Gasteiger partial charge in [0.1, 0.15) is 11.2 Å². The Morgan fingerprint density at radius 2 is 0.760 bits per heavy atom. The van der Waals surface area contributed by atoms with Crippen LogP contribution in [0.5, 0.6) is 0 Å². The molecule has 50 heavy (non-hydrogen) atoms. The molecule has 0 radical (unpaired) electrons. The van der Waals surface area contributed by atoms with Crippen molar-refractivity contribution in [3.05, 3.63) is 182 Å². The predicted molar refractivity (Wildman–Crippen MR) is 208 cm³/mol. The minimum absolute atomic E-state index is 0.755. The smallest absolute Gasteiger partial charge is 0.178 e. The van der Waals surface area contributed by atoms with E-state index in [2.05, 4.69) is 180 Å². The van der Waals surface area contributed by atoms with E-state index in [0.29, 0.717) is 0 Å². The molecule has 0 aliphatic carbocycles. The molecule has 10 aromatic rings. The van der Waals surface area contributed by atoms with E-state index in [1.54, 1.807) is 0 Å². The Balaban J connectivity index is 1.20. The molecule has 8 aromatic carbocycles. The highest BCUT2D eigenvalue weighted by Gasteiger charge is 2.23. The van der Waals surface area contributed by atoms with Gasteiger partial charge in [-0.15, -0.1) is 0 Å². The summed E-state index contributed by atoms with van der Waals surface area (Å²) in [7, 11) is 0. The van der Waals surface area contributed by atoms with Gasteiger partial charge in [0, 0.05) is 67.5 Å². The summed E-state index contributed by atoms with van der Waals surface area (Å²) in [5.41, 5.74) is 9.53. The van der Waals surface area contributed by atoms with E-state index < -0.39 is 0 Å². The molecule has 0 atom stereocenters. The van der Waals surface area contributed by atoms with Crippen LogP contribution in [0.25, 0.3) is 54.6 Å². The van der Waals surface area contributed by atoms with Gasteiger partial charge in [0.2, 0.25) is 0 Å². The van der Waals surface area contributed by atoms with E-state index in [9.17, 15) is 0 Å². The fourth-order valence-electron chi connectivity index (χ4n) is 7.41. The molecule has 2 heterocycles. The zero-order chi connectivity index (χ0) is 33.0. The number of rotatable bonds is 6. The number of hydrogen-bond donors (Lipinski definition) is 0. The molecule has 0 N–H and O–H groups in total. The maximum atomic E-state index is 6.85. The van der Waals surface area contributed by atoms with Crippen LogP contribution < -0.4 is 9.80 Å². The van der Waals surface area contributed by atoms with Crippen molar-refractivity contribution < 1.29 is 8.83 Å². The number of anilines is 6. The summed E-state index contributed by atoms with van der Waals surface area (Å²) in [6.07, 6.45) is 0. The Labute approximate surface area is 288 Å². The molecule has 10 rings (SSSR count). The molecule has 0 saturated carbocycles. The monoisotopic (exact) mass is 642 g/mol. The van der Waals surface area contributed by atoms with Crippen LogP contribution in [-0.4, -0.2) is 0 Å². The molecular weight excluding hydrogens is 613 g/mol. The zero-order valence-electron chi connectivity index (χ0n) is 27.0. The highest BCUT2D eigenvalue weighted by atomic mass is 16.4. The molecule has 0 fully saturated rings. The molecule has 4 heteroatoms. The predicted octanol–water partition coefficient (Wildman–Crippen LogP) is 13.6. The van der Waals surface area contributed by atoms with Crippen molar-refractivity contribution in [2.45, 2.75) is 0 Å². The first-order chi connectivity index (χ1) is 24.8. The van der Waals surface area contributed by atoms with Crippen molar-refractivity contribution in [1.29, 1.82) is 0 Å². The van der Waals surface area contributed by atoms with Gasteiger partial charge >= 0.3 is 0 Å². The molecule has 236 valence electrons. The fraction of sp³-hybridized carbons (Fsp3) is 0. The molecule has 0 bridgehead atoms. The summed E-state index contributed by atoms with van der Waals surface area (Å²) in [5, 5.41) is 6.49. The van der Waals surface area contributed by atoms with Crippen molar-refractivity contribution in [3.8, 4) is 0 Å². The first kappa shape index (κ1) is 28.3. The van der Waals surface area contributed by atoms with Crippen LogP contribution in [-0.2, 0) is 0 Å². The molecule has 2 aromatic heterocycles. The third-order valence-corrected chi connectivity index (χ3v) is 9.60. The molecule has 0 unspecified atom stereocenters. The van der Waals surface area contributed by atoms with Crippen LogP contribution >= 0.6 is 0 Å². The Morgan fingerprint density at radius 1 is 0.300 bits per heavy atom. The number of benzene rings is 8. The van der Waals surface area contributed by atoms with Crippen molar-refractivity contribution >= 4 is 88.8 Å². The second-order valence-corrected chi connectivity index (χ2v) is 12.5. The van der Waals surface area contributed by atoms with Crippen molar-refractivity contribution in [1.82, 2.24) is 0 Å². The highest BCUT2D eigenvalue weighted by Crippen LogP contribution is 2.47. The molecular formula is C46H30N2O2. The molecule has 0 aliphatic heterocycles. The molecule has 0 saturated heterocycles. The standard InChI is InChI=1S/C46H30N2O2/c1-5-15-31(16-6-1)47(32-17-7-2-8-18-32)35-25-26-37-39-27-28-40-44-38-24-14-13-23-36(38)41(30-43(44)50-46(40)45(39)49-42(37)29-35)48(33-19-9-3-10-20-33)34-21-11-4-12-22-34/h1-30H. The van der Waals surface area contributed by atoms with Crippen molar-refractivity contribution in [2.75, 3.05) is 9.80 Å². The first-order valence-electron chi connectivity index (χ1n) is 16.9. The fourth-order valence-corrected chi connectivity index (χ4v) is 7.41. The third kappa shape index (κ3) is 4.46. The lowest BCUT2D eigenvalue weighted by atomic mass is 10.00. The summed E-state index contributed by atoms with van der Waals surface area (Å²) in [6.45, 7) is 0. The highest BCUT2D eigenvalue weighted by molar-refractivity contribution is 6.26. The van der Waals surface area contributed by atoms with E-state index in [-0.39, 0.29) is 0 Å². The number of furan rings is 2. The van der Waals surface area contributed by atoms with Crippen molar-refractivity contribution in [2.24, 2.45) is 0 Å². The van der Waals surface area contributed by atoms with Crippen LogP contribution in [0.3, 0.4) is 0 Å².